The number of benzene rings is 2. The van der Waals surface area contributed by atoms with E-state index in [2.05, 4.69) is 28.7 Å². The molecule has 2 rings (SSSR count). The van der Waals surface area contributed by atoms with Gasteiger partial charge in [0.2, 0.25) is 0 Å². The molecule has 0 saturated carbocycles. The normalized spacial score (nSPS) is 10.9. The third-order valence-electron chi connectivity index (χ3n) is 2.71. The molecular formula is C15H9IN2O2. The second-order valence-electron chi connectivity index (χ2n) is 4.00. The third kappa shape index (κ3) is 3.22. The van der Waals surface area contributed by atoms with Crippen LogP contribution in [0, 0.1) is 25.0 Å². The number of allylic oxidation sites excluding steroid dienone is 1. The van der Waals surface area contributed by atoms with Gasteiger partial charge in [-0.1, -0.05) is 18.2 Å². The number of nitrogens with zero attached hydrogens (tertiary/aromatic N) is 2. The van der Waals surface area contributed by atoms with Gasteiger partial charge in [-0.2, -0.15) is 5.26 Å². The number of rotatable bonds is 3. The Hall–Kier alpha value is -2.20. The van der Waals surface area contributed by atoms with Gasteiger partial charge in [-0.3, -0.25) is 10.1 Å². The first-order chi connectivity index (χ1) is 9.61. The number of hydrogen-bond donors (Lipinski definition) is 0. The van der Waals surface area contributed by atoms with Crippen LogP contribution in [0.4, 0.5) is 5.69 Å². The molecule has 0 spiro atoms. The van der Waals surface area contributed by atoms with Crippen molar-refractivity contribution in [3.63, 3.8) is 0 Å². The fraction of sp³-hybridized carbons (Fsp3) is 0. The molecule has 0 fully saturated rings. The van der Waals surface area contributed by atoms with Crippen molar-refractivity contribution in [2.24, 2.45) is 0 Å². The van der Waals surface area contributed by atoms with Gasteiger partial charge in [0, 0.05) is 15.7 Å². The Morgan fingerprint density at radius 3 is 2.40 bits per heavy atom. The smallest absolute Gasteiger partial charge is 0.258 e. The molecule has 20 heavy (non-hydrogen) atoms. The average Bonchev–Trinajstić information content (AvgIpc) is 2.46. The number of nitriles is 1. The van der Waals surface area contributed by atoms with Crippen LogP contribution in [0.15, 0.2) is 48.5 Å². The van der Waals surface area contributed by atoms with Gasteiger partial charge in [-0.15, -0.1) is 0 Å². The SMILES string of the molecule is N#CC(=Cc1ccccc1I)c1ccc([N+](=O)[O-])cc1. The molecule has 98 valence electrons. The highest BCUT2D eigenvalue weighted by Gasteiger charge is 2.07. The van der Waals surface area contributed by atoms with Crippen molar-refractivity contribution >= 4 is 39.9 Å². The van der Waals surface area contributed by atoms with E-state index in [1.165, 1.54) is 12.1 Å². The van der Waals surface area contributed by atoms with E-state index in [-0.39, 0.29) is 5.69 Å². The zero-order valence-corrected chi connectivity index (χ0v) is 12.4. The van der Waals surface area contributed by atoms with Crippen molar-refractivity contribution in [1.82, 2.24) is 0 Å². The van der Waals surface area contributed by atoms with Crippen molar-refractivity contribution in [2.75, 3.05) is 0 Å². The average molecular weight is 376 g/mol. The predicted molar refractivity (Wildman–Crippen MR) is 85.7 cm³/mol. The summed E-state index contributed by atoms with van der Waals surface area (Å²) in [7, 11) is 0. The van der Waals surface area contributed by atoms with E-state index < -0.39 is 4.92 Å². The summed E-state index contributed by atoms with van der Waals surface area (Å²) in [5.41, 5.74) is 2.10. The van der Waals surface area contributed by atoms with Gasteiger partial charge in [0.1, 0.15) is 0 Å². The fourth-order valence-electron chi connectivity index (χ4n) is 1.69. The van der Waals surface area contributed by atoms with Crippen molar-refractivity contribution < 1.29 is 4.92 Å². The summed E-state index contributed by atoms with van der Waals surface area (Å²) >= 11 is 2.20. The maximum atomic E-state index is 10.6. The van der Waals surface area contributed by atoms with E-state index >= 15 is 0 Å². The first kappa shape index (κ1) is 14.2. The molecule has 0 amide bonds. The maximum Gasteiger partial charge on any atom is 0.269 e. The van der Waals surface area contributed by atoms with E-state index in [1.54, 1.807) is 18.2 Å². The lowest BCUT2D eigenvalue weighted by atomic mass is 10.0. The minimum atomic E-state index is -0.459. The standard InChI is InChI=1S/C15H9IN2O2/c16-15-4-2-1-3-12(15)9-13(10-17)11-5-7-14(8-6-11)18(19)20/h1-9H. The van der Waals surface area contributed by atoms with Gasteiger partial charge in [0.15, 0.2) is 0 Å². The van der Waals surface area contributed by atoms with Crippen molar-refractivity contribution in [3.8, 4) is 6.07 Å². The van der Waals surface area contributed by atoms with Crippen LogP contribution in [0.2, 0.25) is 0 Å². The molecule has 5 heteroatoms. The molecule has 0 aliphatic heterocycles. The Morgan fingerprint density at radius 1 is 1.20 bits per heavy atom. The van der Waals surface area contributed by atoms with Crippen LogP contribution in [0.3, 0.4) is 0 Å². The lowest BCUT2D eigenvalue weighted by Crippen LogP contribution is -1.89. The van der Waals surface area contributed by atoms with Crippen LogP contribution in [0.1, 0.15) is 11.1 Å². The molecule has 2 aromatic carbocycles. The number of nitro groups is 1. The third-order valence-corrected chi connectivity index (χ3v) is 3.70. The van der Waals surface area contributed by atoms with E-state index in [1.807, 2.05) is 24.3 Å². The lowest BCUT2D eigenvalue weighted by molar-refractivity contribution is -0.384. The molecule has 4 nitrogen and oxygen atoms in total. The topological polar surface area (TPSA) is 66.9 Å². The maximum absolute atomic E-state index is 10.6. The molecule has 0 unspecified atom stereocenters. The summed E-state index contributed by atoms with van der Waals surface area (Å²) in [4.78, 5) is 10.2. The molecule has 0 aliphatic carbocycles. The first-order valence-electron chi connectivity index (χ1n) is 5.73. The summed E-state index contributed by atoms with van der Waals surface area (Å²) < 4.78 is 1.04. The lowest BCUT2D eigenvalue weighted by Gasteiger charge is -2.01. The Labute approximate surface area is 129 Å². The molecule has 0 bridgehead atoms. The summed E-state index contributed by atoms with van der Waals surface area (Å²) in [5.74, 6) is 0. The van der Waals surface area contributed by atoms with Gasteiger partial charge >= 0.3 is 0 Å². The summed E-state index contributed by atoms with van der Waals surface area (Å²) in [6.45, 7) is 0. The zero-order chi connectivity index (χ0) is 14.5. The summed E-state index contributed by atoms with van der Waals surface area (Å²) in [5, 5.41) is 19.9. The zero-order valence-electron chi connectivity index (χ0n) is 10.3. The van der Waals surface area contributed by atoms with Crippen molar-refractivity contribution in [1.29, 1.82) is 5.26 Å². The highest BCUT2D eigenvalue weighted by molar-refractivity contribution is 14.1. The Bertz CT molecular complexity index is 715. The predicted octanol–water partition coefficient (Wildman–Crippen LogP) is 4.26. The molecule has 0 atom stereocenters. The molecule has 0 aliphatic rings. The molecule has 0 aromatic heterocycles. The Morgan fingerprint density at radius 2 is 1.85 bits per heavy atom. The number of nitro benzene ring substituents is 1. The van der Waals surface area contributed by atoms with Gasteiger partial charge in [-0.05, 0) is 58.0 Å². The minimum absolute atomic E-state index is 0.0142. The first-order valence-corrected chi connectivity index (χ1v) is 6.81. The molecular weight excluding hydrogens is 367 g/mol. The monoisotopic (exact) mass is 376 g/mol. The van der Waals surface area contributed by atoms with Gasteiger partial charge in [0.05, 0.1) is 16.6 Å². The van der Waals surface area contributed by atoms with Crippen LogP contribution in [0.5, 0.6) is 0 Å². The minimum Gasteiger partial charge on any atom is -0.258 e. The molecule has 2 aromatic rings. The Balaban J connectivity index is 2.41. The molecule has 0 N–H and O–H groups in total. The largest absolute Gasteiger partial charge is 0.269 e. The van der Waals surface area contributed by atoms with Gasteiger partial charge in [0.25, 0.3) is 5.69 Å². The van der Waals surface area contributed by atoms with Gasteiger partial charge < -0.3 is 0 Å². The number of hydrogen-bond acceptors (Lipinski definition) is 3. The van der Waals surface area contributed by atoms with Crippen LogP contribution in [-0.2, 0) is 0 Å². The summed E-state index contributed by atoms with van der Waals surface area (Å²) in [6, 6.07) is 15.8. The molecule has 0 radical (unpaired) electrons. The van der Waals surface area contributed by atoms with Crippen molar-refractivity contribution in [2.45, 2.75) is 0 Å². The number of non-ortho nitro benzene ring substituents is 1. The fourth-order valence-corrected chi connectivity index (χ4v) is 2.23. The number of halogens is 1. The molecule has 0 saturated heterocycles. The van der Waals surface area contributed by atoms with Gasteiger partial charge in [-0.25, -0.2) is 0 Å². The van der Waals surface area contributed by atoms with E-state index in [9.17, 15) is 15.4 Å². The Kier molecular flexibility index (Phi) is 4.48. The van der Waals surface area contributed by atoms with Crippen molar-refractivity contribution in [3.05, 3.63) is 73.3 Å². The van der Waals surface area contributed by atoms with Crippen LogP contribution in [0.25, 0.3) is 11.6 Å². The second kappa shape index (κ2) is 6.30. The van der Waals surface area contributed by atoms with Crippen LogP contribution >= 0.6 is 22.6 Å². The van der Waals surface area contributed by atoms with E-state index in [4.69, 9.17) is 0 Å². The van der Waals surface area contributed by atoms with E-state index in [0.29, 0.717) is 11.1 Å². The van der Waals surface area contributed by atoms with Crippen LogP contribution < -0.4 is 0 Å². The summed E-state index contributed by atoms with van der Waals surface area (Å²) in [6.07, 6.45) is 1.78. The second-order valence-corrected chi connectivity index (χ2v) is 5.16. The molecule has 0 heterocycles. The highest BCUT2D eigenvalue weighted by atomic mass is 127. The quantitative estimate of drug-likeness (QED) is 0.264. The van der Waals surface area contributed by atoms with E-state index in [0.717, 1.165) is 9.13 Å². The highest BCUT2D eigenvalue weighted by Crippen LogP contribution is 2.22. The van der Waals surface area contributed by atoms with Crippen LogP contribution in [-0.4, -0.2) is 4.92 Å².